The lowest BCUT2D eigenvalue weighted by atomic mass is 9.94. The summed E-state index contributed by atoms with van der Waals surface area (Å²) in [6, 6.07) is 10.9. The van der Waals surface area contributed by atoms with Crippen LogP contribution in [0.4, 0.5) is 18.9 Å². The second-order valence-corrected chi connectivity index (χ2v) is 9.76. The summed E-state index contributed by atoms with van der Waals surface area (Å²) in [7, 11) is 3.06. The highest BCUT2D eigenvalue weighted by molar-refractivity contribution is 5.79. The van der Waals surface area contributed by atoms with E-state index in [1.807, 2.05) is 4.90 Å². The van der Waals surface area contributed by atoms with Crippen LogP contribution in [0, 0.1) is 0 Å². The van der Waals surface area contributed by atoms with Crippen molar-refractivity contribution in [3.8, 4) is 33.8 Å². The molecule has 7 nitrogen and oxygen atoms in total. The number of rotatable bonds is 8. The number of alkyl halides is 3. The fourth-order valence-corrected chi connectivity index (χ4v) is 5.54. The number of aliphatic hydroxyl groups is 1. The topological polar surface area (TPSA) is 73.2 Å². The fourth-order valence-electron chi connectivity index (χ4n) is 5.54. The van der Waals surface area contributed by atoms with Gasteiger partial charge in [0, 0.05) is 53.8 Å². The summed E-state index contributed by atoms with van der Waals surface area (Å²) in [5.41, 5.74) is 1.30. The summed E-state index contributed by atoms with van der Waals surface area (Å²) in [5, 5.41) is 9.04. The molecule has 39 heavy (non-hydrogen) atoms. The second-order valence-electron chi connectivity index (χ2n) is 9.76. The van der Waals surface area contributed by atoms with Crippen molar-refractivity contribution in [1.29, 1.82) is 0 Å². The van der Waals surface area contributed by atoms with Gasteiger partial charge in [0.1, 0.15) is 11.5 Å². The van der Waals surface area contributed by atoms with Crippen molar-refractivity contribution in [1.82, 2.24) is 4.57 Å². The Morgan fingerprint density at radius 3 is 2.38 bits per heavy atom. The van der Waals surface area contributed by atoms with Gasteiger partial charge in [-0.3, -0.25) is 4.79 Å². The van der Waals surface area contributed by atoms with E-state index in [9.17, 15) is 18.0 Å². The van der Waals surface area contributed by atoms with Gasteiger partial charge in [0.25, 0.3) is 5.56 Å². The number of aliphatic hydroxyl groups excluding tert-OH is 1. The maximum atomic E-state index is 14.3. The SMILES string of the molecule is COc1cc(OC)cc(-c2cc(-c3cc(N4CC[C@H](OCCO)C4)ccc3C(F)(F)F)c(=O)n3c2CCC3)c1. The van der Waals surface area contributed by atoms with Gasteiger partial charge >= 0.3 is 6.18 Å². The van der Waals surface area contributed by atoms with Crippen LogP contribution in [0.2, 0.25) is 0 Å². The van der Waals surface area contributed by atoms with Gasteiger partial charge in [-0.05, 0) is 61.2 Å². The van der Waals surface area contributed by atoms with Gasteiger partial charge in [0.15, 0.2) is 0 Å². The van der Waals surface area contributed by atoms with Crippen LogP contribution < -0.4 is 19.9 Å². The van der Waals surface area contributed by atoms with Crippen molar-refractivity contribution in [2.24, 2.45) is 0 Å². The average molecular weight is 545 g/mol. The number of pyridine rings is 1. The Morgan fingerprint density at radius 1 is 0.974 bits per heavy atom. The van der Waals surface area contributed by atoms with Crippen LogP contribution in [-0.2, 0) is 23.9 Å². The summed E-state index contributed by atoms with van der Waals surface area (Å²) in [4.78, 5) is 15.6. The maximum Gasteiger partial charge on any atom is 0.417 e. The Hall–Kier alpha value is -3.50. The molecular weight excluding hydrogens is 513 g/mol. The van der Waals surface area contributed by atoms with E-state index >= 15 is 0 Å². The van der Waals surface area contributed by atoms with Crippen molar-refractivity contribution >= 4 is 5.69 Å². The normalized spacial score (nSPS) is 17.0. The van der Waals surface area contributed by atoms with Crippen molar-refractivity contribution in [3.63, 3.8) is 0 Å². The minimum absolute atomic E-state index is 0.00103. The number of ether oxygens (including phenoxy) is 3. The van der Waals surface area contributed by atoms with Crippen molar-refractivity contribution < 1.29 is 32.5 Å². The zero-order chi connectivity index (χ0) is 27.7. The van der Waals surface area contributed by atoms with E-state index in [0.717, 1.165) is 18.2 Å². The van der Waals surface area contributed by atoms with Crippen LogP contribution in [0.25, 0.3) is 22.3 Å². The Kier molecular flexibility index (Phi) is 7.59. The average Bonchev–Trinajstić information content (AvgIpc) is 3.61. The second kappa shape index (κ2) is 10.9. The zero-order valence-corrected chi connectivity index (χ0v) is 21.9. The van der Waals surface area contributed by atoms with E-state index in [4.69, 9.17) is 19.3 Å². The number of nitrogens with zero attached hydrogens (tertiary/aromatic N) is 2. The zero-order valence-electron chi connectivity index (χ0n) is 21.9. The lowest BCUT2D eigenvalue weighted by Gasteiger charge is -2.22. The number of anilines is 1. The number of halogens is 3. The Morgan fingerprint density at radius 2 is 1.72 bits per heavy atom. The van der Waals surface area contributed by atoms with Crippen molar-refractivity contribution in [2.45, 2.75) is 38.1 Å². The maximum absolute atomic E-state index is 14.3. The third-order valence-electron chi connectivity index (χ3n) is 7.41. The van der Waals surface area contributed by atoms with E-state index in [0.29, 0.717) is 60.8 Å². The molecule has 3 aromatic rings. The van der Waals surface area contributed by atoms with E-state index in [2.05, 4.69) is 0 Å². The van der Waals surface area contributed by atoms with E-state index in [1.54, 1.807) is 28.8 Å². The summed E-state index contributed by atoms with van der Waals surface area (Å²) in [6.45, 7) is 1.64. The lowest BCUT2D eigenvalue weighted by molar-refractivity contribution is -0.137. The molecule has 1 N–H and O–H groups in total. The van der Waals surface area contributed by atoms with Crippen molar-refractivity contribution in [3.05, 3.63) is 64.1 Å². The van der Waals surface area contributed by atoms with E-state index < -0.39 is 17.3 Å². The standard InChI is InChI=1S/C29H31F3N2O5/c1-37-21-12-18(13-22(15-21)38-2)23-16-25(28(36)34-8-3-4-27(23)34)24-14-19(5-6-26(24)29(30,31)32)33-9-7-20(17-33)39-11-10-35/h5-6,12-16,20,35H,3-4,7-11,17H2,1-2H3/t20-/m0/s1. The Balaban J connectivity index is 1.66. The summed E-state index contributed by atoms with van der Waals surface area (Å²) < 4.78 is 60.9. The predicted octanol–water partition coefficient (Wildman–Crippen LogP) is 4.75. The first-order chi connectivity index (χ1) is 18.7. The molecule has 2 aliphatic rings. The molecule has 0 aliphatic carbocycles. The Bertz CT molecular complexity index is 1400. The smallest absolute Gasteiger partial charge is 0.417 e. The molecular formula is C29H31F3N2O5. The lowest BCUT2D eigenvalue weighted by Crippen LogP contribution is -2.25. The first-order valence-electron chi connectivity index (χ1n) is 12.9. The molecule has 2 aromatic carbocycles. The molecule has 1 fully saturated rings. The molecule has 5 rings (SSSR count). The Labute approximate surface area is 224 Å². The molecule has 2 aliphatic heterocycles. The van der Waals surface area contributed by atoms with Gasteiger partial charge in [-0.2, -0.15) is 13.2 Å². The molecule has 208 valence electrons. The molecule has 0 saturated carbocycles. The summed E-state index contributed by atoms with van der Waals surface area (Å²) in [5.74, 6) is 1.08. The van der Waals surface area contributed by atoms with Crippen LogP contribution in [0.5, 0.6) is 11.5 Å². The highest BCUT2D eigenvalue weighted by Crippen LogP contribution is 2.41. The summed E-state index contributed by atoms with van der Waals surface area (Å²) in [6.07, 6.45) is -2.72. The van der Waals surface area contributed by atoms with Crippen LogP contribution in [0.15, 0.2) is 47.3 Å². The number of benzene rings is 2. The number of hydrogen-bond acceptors (Lipinski definition) is 6. The fraction of sp³-hybridized carbons (Fsp3) is 0.414. The third-order valence-corrected chi connectivity index (χ3v) is 7.41. The predicted molar refractivity (Wildman–Crippen MR) is 142 cm³/mol. The molecule has 0 bridgehead atoms. The minimum Gasteiger partial charge on any atom is -0.497 e. The number of fused-ring (bicyclic) bond motifs is 1. The molecule has 0 amide bonds. The molecule has 1 atom stereocenters. The van der Waals surface area contributed by atoms with Crippen LogP contribution in [0.3, 0.4) is 0 Å². The third kappa shape index (κ3) is 5.35. The van der Waals surface area contributed by atoms with E-state index in [-0.39, 0.29) is 30.4 Å². The molecule has 0 radical (unpaired) electrons. The van der Waals surface area contributed by atoms with Gasteiger partial charge in [-0.15, -0.1) is 0 Å². The molecule has 10 heteroatoms. The van der Waals surface area contributed by atoms with Gasteiger partial charge in [-0.25, -0.2) is 0 Å². The van der Waals surface area contributed by atoms with Gasteiger partial charge < -0.3 is 28.8 Å². The van der Waals surface area contributed by atoms with E-state index in [1.165, 1.54) is 26.4 Å². The minimum atomic E-state index is -4.65. The first kappa shape index (κ1) is 27.1. The monoisotopic (exact) mass is 544 g/mol. The molecule has 1 saturated heterocycles. The van der Waals surface area contributed by atoms with Gasteiger partial charge in [0.05, 0.1) is 39.1 Å². The van der Waals surface area contributed by atoms with Crippen LogP contribution in [-0.4, -0.2) is 56.3 Å². The highest BCUT2D eigenvalue weighted by Gasteiger charge is 2.36. The number of aromatic nitrogens is 1. The molecule has 1 aromatic heterocycles. The van der Waals surface area contributed by atoms with Gasteiger partial charge in [0.2, 0.25) is 0 Å². The largest absolute Gasteiger partial charge is 0.497 e. The summed E-state index contributed by atoms with van der Waals surface area (Å²) >= 11 is 0. The molecule has 0 unspecified atom stereocenters. The first-order valence-corrected chi connectivity index (χ1v) is 12.9. The molecule has 3 heterocycles. The van der Waals surface area contributed by atoms with Gasteiger partial charge in [-0.1, -0.05) is 0 Å². The molecule has 0 spiro atoms. The number of hydrogen-bond donors (Lipinski definition) is 1. The quantitative estimate of drug-likeness (QED) is 0.441. The van der Waals surface area contributed by atoms with Crippen LogP contribution >= 0.6 is 0 Å². The van der Waals surface area contributed by atoms with Crippen LogP contribution in [0.1, 0.15) is 24.1 Å². The highest BCUT2D eigenvalue weighted by atomic mass is 19.4. The number of methoxy groups -OCH3 is 2. The van der Waals surface area contributed by atoms with Crippen molar-refractivity contribution in [2.75, 3.05) is 45.4 Å².